The van der Waals surface area contributed by atoms with Gasteiger partial charge in [0.1, 0.15) is 11.5 Å². The van der Waals surface area contributed by atoms with Crippen LogP contribution in [-0.4, -0.2) is 12.9 Å². The lowest BCUT2D eigenvalue weighted by Crippen LogP contribution is -1.91. The van der Waals surface area contributed by atoms with Gasteiger partial charge in [-0.25, -0.2) is 0 Å². The van der Waals surface area contributed by atoms with Crippen LogP contribution in [0.2, 0.25) is 0 Å². The molecule has 0 spiro atoms. The summed E-state index contributed by atoms with van der Waals surface area (Å²) in [6.45, 7) is 0.611. The highest BCUT2D eigenvalue weighted by Gasteiger charge is 1.95. The summed E-state index contributed by atoms with van der Waals surface area (Å²) >= 11 is 0. The van der Waals surface area contributed by atoms with Crippen LogP contribution >= 0.6 is 0 Å². The smallest absolute Gasteiger partial charge is 0.298 e. The highest BCUT2D eigenvalue weighted by molar-refractivity contribution is 5.50. The normalized spacial score (nSPS) is 8.67. The summed E-state index contributed by atoms with van der Waals surface area (Å²) in [6.07, 6.45) is 0. The SMILES string of the molecule is O=COc1cccc(OC=O)c1. The third-order valence-electron chi connectivity index (χ3n) is 1.17. The minimum absolute atomic E-state index is 0.306. The average Bonchev–Trinajstić information content (AvgIpc) is 2.06. The number of hydrogen-bond acceptors (Lipinski definition) is 4. The molecule has 0 amide bonds. The fourth-order valence-corrected chi connectivity index (χ4v) is 0.732. The number of benzene rings is 1. The molecule has 4 heteroatoms. The fraction of sp³-hybridized carbons (Fsp3) is 0. The minimum atomic E-state index is 0.306. The molecule has 0 atom stereocenters. The van der Waals surface area contributed by atoms with E-state index in [1.54, 1.807) is 18.2 Å². The summed E-state index contributed by atoms with van der Waals surface area (Å²) in [4.78, 5) is 19.8. The first-order valence-corrected chi connectivity index (χ1v) is 3.17. The fourth-order valence-electron chi connectivity index (χ4n) is 0.732. The molecule has 0 bridgehead atoms. The molecule has 12 heavy (non-hydrogen) atoms. The lowest BCUT2D eigenvalue weighted by molar-refractivity contribution is -0.121. The second kappa shape index (κ2) is 4.12. The van der Waals surface area contributed by atoms with E-state index >= 15 is 0 Å². The quantitative estimate of drug-likeness (QED) is 0.619. The summed E-state index contributed by atoms with van der Waals surface area (Å²) in [5.41, 5.74) is 0. The van der Waals surface area contributed by atoms with Crippen molar-refractivity contribution >= 4 is 12.9 Å². The second-order valence-electron chi connectivity index (χ2n) is 1.90. The summed E-state index contributed by atoms with van der Waals surface area (Å²) < 4.78 is 9.03. The Hall–Kier alpha value is -1.84. The van der Waals surface area contributed by atoms with Crippen LogP contribution in [0.3, 0.4) is 0 Å². The predicted molar refractivity (Wildman–Crippen MR) is 39.8 cm³/mol. The second-order valence-corrected chi connectivity index (χ2v) is 1.90. The molecule has 0 N–H and O–H groups in total. The summed E-state index contributed by atoms with van der Waals surface area (Å²) in [5.74, 6) is 0.675. The predicted octanol–water partition coefficient (Wildman–Crippen LogP) is 0.757. The molecule has 1 aromatic carbocycles. The zero-order chi connectivity index (χ0) is 8.81. The van der Waals surface area contributed by atoms with Gasteiger partial charge < -0.3 is 9.47 Å². The van der Waals surface area contributed by atoms with Gasteiger partial charge >= 0.3 is 0 Å². The Morgan fingerprint density at radius 3 is 1.92 bits per heavy atom. The van der Waals surface area contributed by atoms with E-state index in [2.05, 4.69) is 9.47 Å². The standard InChI is InChI=1S/C8H6O4/c9-5-11-7-2-1-3-8(4-7)12-6-10/h1-6H. The lowest BCUT2D eigenvalue weighted by Gasteiger charge is -1.99. The highest BCUT2D eigenvalue weighted by atomic mass is 16.5. The minimum Gasteiger partial charge on any atom is -0.429 e. The topological polar surface area (TPSA) is 52.6 Å². The van der Waals surface area contributed by atoms with Crippen molar-refractivity contribution in [1.29, 1.82) is 0 Å². The molecule has 0 fully saturated rings. The first-order valence-electron chi connectivity index (χ1n) is 3.17. The van der Waals surface area contributed by atoms with Crippen LogP contribution in [0.4, 0.5) is 0 Å². The summed E-state index contributed by atoms with van der Waals surface area (Å²) in [5, 5.41) is 0. The number of carbonyl (C=O) groups excluding carboxylic acids is 2. The molecular formula is C8H6O4. The van der Waals surface area contributed by atoms with Gasteiger partial charge in [-0.3, -0.25) is 9.59 Å². The van der Waals surface area contributed by atoms with Gasteiger partial charge in [0, 0.05) is 6.07 Å². The Balaban J connectivity index is 2.79. The third-order valence-corrected chi connectivity index (χ3v) is 1.17. The molecular weight excluding hydrogens is 160 g/mol. The maximum absolute atomic E-state index is 9.91. The first-order chi connectivity index (χ1) is 5.86. The van der Waals surface area contributed by atoms with E-state index in [0.29, 0.717) is 24.4 Å². The Morgan fingerprint density at radius 1 is 1.00 bits per heavy atom. The molecule has 1 aromatic rings. The lowest BCUT2D eigenvalue weighted by atomic mass is 10.3. The highest BCUT2D eigenvalue weighted by Crippen LogP contribution is 2.17. The van der Waals surface area contributed by atoms with Crippen LogP contribution in [0.25, 0.3) is 0 Å². The molecule has 0 unspecified atom stereocenters. The zero-order valence-electron chi connectivity index (χ0n) is 6.10. The van der Waals surface area contributed by atoms with Gasteiger partial charge in [0.25, 0.3) is 12.9 Å². The number of ether oxygens (including phenoxy) is 2. The van der Waals surface area contributed by atoms with Crippen molar-refractivity contribution in [3.8, 4) is 11.5 Å². The Bertz CT molecular complexity index is 257. The molecule has 0 aliphatic rings. The van der Waals surface area contributed by atoms with Crippen molar-refractivity contribution in [2.45, 2.75) is 0 Å². The van der Waals surface area contributed by atoms with E-state index in [1.807, 2.05) is 0 Å². The van der Waals surface area contributed by atoms with Gasteiger partial charge in [0.05, 0.1) is 0 Å². The maximum atomic E-state index is 9.91. The molecule has 0 aliphatic heterocycles. The average molecular weight is 166 g/mol. The van der Waals surface area contributed by atoms with Crippen LogP contribution in [0, 0.1) is 0 Å². The van der Waals surface area contributed by atoms with Crippen LogP contribution in [0.15, 0.2) is 24.3 Å². The first kappa shape index (κ1) is 8.26. The zero-order valence-corrected chi connectivity index (χ0v) is 6.10. The molecule has 1 rings (SSSR count). The molecule has 0 aromatic heterocycles. The van der Waals surface area contributed by atoms with Crippen molar-refractivity contribution in [2.75, 3.05) is 0 Å². The van der Waals surface area contributed by atoms with Crippen molar-refractivity contribution in [1.82, 2.24) is 0 Å². The Kier molecular flexibility index (Phi) is 2.84. The van der Waals surface area contributed by atoms with Gasteiger partial charge in [-0.15, -0.1) is 0 Å². The number of rotatable bonds is 4. The summed E-state index contributed by atoms with van der Waals surface area (Å²) in [6, 6.07) is 6.19. The van der Waals surface area contributed by atoms with Crippen LogP contribution in [0.5, 0.6) is 11.5 Å². The van der Waals surface area contributed by atoms with E-state index in [1.165, 1.54) is 6.07 Å². The van der Waals surface area contributed by atoms with Crippen LogP contribution < -0.4 is 9.47 Å². The van der Waals surface area contributed by atoms with E-state index < -0.39 is 0 Å². The van der Waals surface area contributed by atoms with E-state index in [0.717, 1.165) is 0 Å². The van der Waals surface area contributed by atoms with E-state index in [9.17, 15) is 9.59 Å². The van der Waals surface area contributed by atoms with Crippen molar-refractivity contribution in [2.24, 2.45) is 0 Å². The van der Waals surface area contributed by atoms with E-state index in [4.69, 9.17) is 0 Å². The van der Waals surface area contributed by atoms with Crippen LogP contribution in [-0.2, 0) is 9.59 Å². The van der Waals surface area contributed by atoms with Crippen molar-refractivity contribution in [3.63, 3.8) is 0 Å². The van der Waals surface area contributed by atoms with Gasteiger partial charge in [-0.1, -0.05) is 6.07 Å². The van der Waals surface area contributed by atoms with Gasteiger partial charge in [-0.2, -0.15) is 0 Å². The van der Waals surface area contributed by atoms with Gasteiger partial charge in [-0.05, 0) is 12.1 Å². The Morgan fingerprint density at radius 2 is 1.50 bits per heavy atom. The number of carbonyl (C=O) groups is 2. The monoisotopic (exact) mass is 166 g/mol. The summed E-state index contributed by atoms with van der Waals surface area (Å²) in [7, 11) is 0. The largest absolute Gasteiger partial charge is 0.429 e. The Labute approximate surface area is 68.7 Å². The van der Waals surface area contributed by atoms with Gasteiger partial charge in [0.2, 0.25) is 0 Å². The van der Waals surface area contributed by atoms with Crippen LogP contribution in [0.1, 0.15) is 0 Å². The molecule has 0 saturated carbocycles. The van der Waals surface area contributed by atoms with E-state index in [-0.39, 0.29) is 0 Å². The van der Waals surface area contributed by atoms with Crippen molar-refractivity contribution in [3.05, 3.63) is 24.3 Å². The van der Waals surface area contributed by atoms with Crippen molar-refractivity contribution < 1.29 is 19.1 Å². The molecule has 4 nitrogen and oxygen atoms in total. The molecule has 0 aliphatic carbocycles. The maximum Gasteiger partial charge on any atom is 0.298 e. The molecule has 0 heterocycles. The molecule has 0 radical (unpaired) electrons. The third kappa shape index (κ3) is 2.09. The molecule has 0 saturated heterocycles. The number of hydrogen-bond donors (Lipinski definition) is 0. The molecule has 62 valence electrons. The van der Waals surface area contributed by atoms with Gasteiger partial charge in [0.15, 0.2) is 0 Å².